The second-order valence-electron chi connectivity index (χ2n) is 2.47. The first kappa shape index (κ1) is 12.0. The number of carbonyl (C=O) groups is 1. The summed E-state index contributed by atoms with van der Waals surface area (Å²) in [6.07, 6.45) is -4.44. The van der Waals surface area contributed by atoms with Crippen molar-refractivity contribution in [2.24, 2.45) is 0 Å². The van der Waals surface area contributed by atoms with Gasteiger partial charge in [-0.2, -0.15) is 13.2 Å². The van der Waals surface area contributed by atoms with E-state index < -0.39 is 18.7 Å². The maximum absolute atomic E-state index is 11.6. The molecule has 0 rings (SSSR count). The van der Waals surface area contributed by atoms with Crippen molar-refractivity contribution in [1.82, 2.24) is 5.06 Å². The Kier molecular flexibility index (Phi) is 3.93. The van der Waals surface area contributed by atoms with Crippen molar-refractivity contribution in [3.05, 3.63) is 12.2 Å². The van der Waals surface area contributed by atoms with Crippen LogP contribution in [0.3, 0.4) is 0 Å². The van der Waals surface area contributed by atoms with E-state index in [0.717, 1.165) is 7.05 Å². The van der Waals surface area contributed by atoms with E-state index in [9.17, 15) is 18.0 Å². The number of nitrogens with zero attached hydrogens (tertiary/aromatic N) is 1. The van der Waals surface area contributed by atoms with Gasteiger partial charge in [-0.25, -0.2) is 5.06 Å². The van der Waals surface area contributed by atoms with E-state index in [1.165, 1.54) is 6.92 Å². The first-order valence-electron chi connectivity index (χ1n) is 3.37. The van der Waals surface area contributed by atoms with Gasteiger partial charge in [0.15, 0.2) is 6.61 Å². The van der Waals surface area contributed by atoms with Gasteiger partial charge in [-0.05, 0) is 6.92 Å². The van der Waals surface area contributed by atoms with Crippen LogP contribution in [0.1, 0.15) is 6.92 Å². The van der Waals surface area contributed by atoms with E-state index in [-0.39, 0.29) is 5.57 Å². The van der Waals surface area contributed by atoms with Crippen LogP contribution in [0.4, 0.5) is 13.2 Å². The van der Waals surface area contributed by atoms with Gasteiger partial charge in [0.2, 0.25) is 0 Å². The number of alkyl halides is 3. The maximum atomic E-state index is 11.6. The molecule has 0 heterocycles. The second-order valence-corrected chi connectivity index (χ2v) is 2.47. The summed E-state index contributed by atoms with van der Waals surface area (Å²) in [5.74, 6) is -0.677. The Bertz CT molecular complexity index is 212. The molecule has 0 N–H and O–H groups in total. The molecule has 0 bridgehead atoms. The average molecular weight is 197 g/mol. The highest BCUT2D eigenvalue weighted by Gasteiger charge is 2.29. The van der Waals surface area contributed by atoms with Crippen LogP contribution in [0.25, 0.3) is 0 Å². The third-order valence-electron chi connectivity index (χ3n) is 1.07. The molecule has 3 nitrogen and oxygen atoms in total. The van der Waals surface area contributed by atoms with Crippen molar-refractivity contribution >= 4 is 5.91 Å². The van der Waals surface area contributed by atoms with Gasteiger partial charge in [0.1, 0.15) is 0 Å². The summed E-state index contributed by atoms with van der Waals surface area (Å²) in [7, 11) is 1.10. The number of hydrogen-bond acceptors (Lipinski definition) is 2. The smallest absolute Gasteiger partial charge is 0.267 e. The Morgan fingerprint density at radius 2 is 2.00 bits per heavy atom. The highest BCUT2D eigenvalue weighted by atomic mass is 19.4. The van der Waals surface area contributed by atoms with Gasteiger partial charge in [-0.15, -0.1) is 0 Å². The van der Waals surface area contributed by atoms with Gasteiger partial charge in [0.25, 0.3) is 5.91 Å². The highest BCUT2D eigenvalue weighted by Crippen LogP contribution is 2.15. The summed E-state index contributed by atoms with van der Waals surface area (Å²) in [4.78, 5) is 15.0. The number of hydroxylamine groups is 2. The molecule has 0 saturated carbocycles. The summed E-state index contributed by atoms with van der Waals surface area (Å²) < 4.78 is 34.8. The van der Waals surface area contributed by atoms with Crippen LogP contribution >= 0.6 is 0 Å². The Hall–Kier alpha value is -1.04. The van der Waals surface area contributed by atoms with Gasteiger partial charge in [0.05, 0.1) is 0 Å². The third kappa shape index (κ3) is 5.24. The number of rotatable bonds is 3. The molecule has 0 aromatic carbocycles. The topological polar surface area (TPSA) is 29.5 Å². The van der Waals surface area contributed by atoms with Gasteiger partial charge < -0.3 is 0 Å². The predicted octanol–water partition coefficient (Wildman–Crippen LogP) is 1.51. The van der Waals surface area contributed by atoms with E-state index in [2.05, 4.69) is 11.4 Å². The number of hydrogen-bond donors (Lipinski definition) is 0. The van der Waals surface area contributed by atoms with Crippen molar-refractivity contribution in [2.75, 3.05) is 13.7 Å². The lowest BCUT2D eigenvalue weighted by Crippen LogP contribution is -2.31. The zero-order valence-corrected chi connectivity index (χ0v) is 7.31. The normalized spacial score (nSPS) is 11.2. The Morgan fingerprint density at radius 1 is 1.54 bits per heavy atom. The molecule has 0 aliphatic rings. The molecule has 0 atom stereocenters. The van der Waals surface area contributed by atoms with Crippen molar-refractivity contribution in [1.29, 1.82) is 0 Å². The third-order valence-corrected chi connectivity index (χ3v) is 1.07. The van der Waals surface area contributed by atoms with Crippen LogP contribution < -0.4 is 0 Å². The van der Waals surface area contributed by atoms with Gasteiger partial charge in [-0.3, -0.25) is 9.63 Å². The molecular formula is C7H10F3NO2. The average Bonchev–Trinajstić information content (AvgIpc) is 1.97. The molecular weight excluding hydrogens is 187 g/mol. The van der Waals surface area contributed by atoms with E-state index >= 15 is 0 Å². The molecule has 6 heteroatoms. The van der Waals surface area contributed by atoms with Crippen LogP contribution in [-0.2, 0) is 9.63 Å². The Labute approximate surface area is 73.7 Å². The van der Waals surface area contributed by atoms with Crippen molar-refractivity contribution in [3.8, 4) is 0 Å². The zero-order valence-electron chi connectivity index (χ0n) is 7.31. The largest absolute Gasteiger partial charge is 0.414 e. The minimum atomic E-state index is -4.44. The summed E-state index contributed by atoms with van der Waals surface area (Å²) >= 11 is 0. The van der Waals surface area contributed by atoms with E-state index in [1.807, 2.05) is 0 Å². The molecule has 0 aliphatic carbocycles. The fourth-order valence-electron chi connectivity index (χ4n) is 0.497. The predicted molar refractivity (Wildman–Crippen MR) is 39.6 cm³/mol. The molecule has 76 valence electrons. The standard InChI is InChI=1S/C7H10F3NO2/c1-5(2)6(12)11(3)13-4-7(8,9)10/h1,4H2,2-3H3. The number of carbonyl (C=O) groups excluding carboxylic acids is 1. The summed E-state index contributed by atoms with van der Waals surface area (Å²) in [5, 5.41) is 0.510. The minimum absolute atomic E-state index is 0.115. The first-order chi connectivity index (χ1) is 5.74. The van der Waals surface area contributed by atoms with E-state index in [0.29, 0.717) is 5.06 Å². The molecule has 0 aliphatic heterocycles. The molecule has 0 aromatic rings. The van der Waals surface area contributed by atoms with Crippen molar-refractivity contribution in [3.63, 3.8) is 0 Å². The first-order valence-corrected chi connectivity index (χ1v) is 3.37. The van der Waals surface area contributed by atoms with Crippen LogP contribution in [0, 0.1) is 0 Å². The lowest BCUT2D eigenvalue weighted by Gasteiger charge is -2.17. The molecule has 13 heavy (non-hydrogen) atoms. The lowest BCUT2D eigenvalue weighted by molar-refractivity contribution is -0.238. The molecule has 0 unspecified atom stereocenters. The second kappa shape index (κ2) is 4.27. The maximum Gasteiger partial charge on any atom is 0.414 e. The molecule has 0 fully saturated rings. The zero-order chi connectivity index (χ0) is 10.6. The quantitative estimate of drug-likeness (QED) is 0.507. The van der Waals surface area contributed by atoms with Gasteiger partial charge in [-0.1, -0.05) is 6.58 Å². The minimum Gasteiger partial charge on any atom is -0.267 e. The van der Waals surface area contributed by atoms with E-state index in [4.69, 9.17) is 0 Å². The lowest BCUT2D eigenvalue weighted by atomic mass is 10.3. The van der Waals surface area contributed by atoms with Crippen molar-refractivity contribution in [2.45, 2.75) is 13.1 Å². The summed E-state index contributed by atoms with van der Waals surface area (Å²) in [6.45, 7) is 3.17. The molecule has 0 spiro atoms. The van der Waals surface area contributed by atoms with E-state index in [1.54, 1.807) is 0 Å². The summed E-state index contributed by atoms with van der Waals surface area (Å²) in [6, 6.07) is 0. The van der Waals surface area contributed by atoms with Crippen LogP contribution in [0.15, 0.2) is 12.2 Å². The SMILES string of the molecule is C=C(C)C(=O)N(C)OCC(F)(F)F. The number of halogens is 3. The monoisotopic (exact) mass is 197 g/mol. The number of amides is 1. The van der Waals surface area contributed by atoms with Gasteiger partial charge >= 0.3 is 6.18 Å². The van der Waals surface area contributed by atoms with Crippen LogP contribution in [-0.4, -0.2) is 30.8 Å². The Balaban J connectivity index is 3.95. The Morgan fingerprint density at radius 3 is 2.31 bits per heavy atom. The molecule has 0 aromatic heterocycles. The summed E-state index contributed by atoms with van der Waals surface area (Å²) in [5.41, 5.74) is 0.115. The molecule has 0 saturated heterocycles. The van der Waals surface area contributed by atoms with Gasteiger partial charge in [0, 0.05) is 12.6 Å². The van der Waals surface area contributed by atoms with Crippen LogP contribution in [0.5, 0.6) is 0 Å². The van der Waals surface area contributed by atoms with Crippen molar-refractivity contribution < 1.29 is 22.8 Å². The number of likely N-dealkylation sites (N-methyl/N-ethyl adjacent to an activating group) is 1. The van der Waals surface area contributed by atoms with Crippen LogP contribution in [0.2, 0.25) is 0 Å². The molecule has 0 radical (unpaired) electrons. The molecule has 1 amide bonds. The fraction of sp³-hybridized carbons (Fsp3) is 0.571. The highest BCUT2D eigenvalue weighted by molar-refractivity contribution is 5.91. The fourth-order valence-corrected chi connectivity index (χ4v) is 0.497.